The second-order valence-electron chi connectivity index (χ2n) is 4.16. The van der Waals surface area contributed by atoms with Crippen molar-refractivity contribution in [2.75, 3.05) is 12.8 Å². The summed E-state index contributed by atoms with van der Waals surface area (Å²) in [5.41, 5.74) is 5.72. The van der Waals surface area contributed by atoms with Crippen LogP contribution in [0.5, 0.6) is 5.75 Å². The molecule has 0 aliphatic heterocycles. The van der Waals surface area contributed by atoms with Crippen molar-refractivity contribution >= 4 is 30.8 Å². The minimum atomic E-state index is -1.52. The van der Waals surface area contributed by atoms with Crippen LogP contribution >= 0.6 is 11.6 Å². The van der Waals surface area contributed by atoms with Gasteiger partial charge < -0.3 is 10.5 Å². The molecule has 1 aromatic rings. The Hall–Kier alpha value is -0.743. The zero-order valence-corrected chi connectivity index (χ0v) is 10.6. The third kappa shape index (κ3) is 2.19. The maximum atomic E-state index is 6.10. The van der Waals surface area contributed by atoms with Gasteiger partial charge in [-0.2, -0.15) is 0 Å². The maximum absolute atomic E-state index is 6.10. The third-order valence-corrected chi connectivity index (χ3v) is 4.15. The molecule has 1 aromatic heterocycles. The van der Waals surface area contributed by atoms with E-state index in [4.69, 9.17) is 22.1 Å². The zero-order chi connectivity index (χ0) is 10.9. The molecule has 0 saturated carbocycles. The summed E-state index contributed by atoms with van der Waals surface area (Å²) in [6, 6.07) is 1.73. The van der Waals surface area contributed by atoms with Gasteiger partial charge in [0.1, 0.15) is 8.07 Å². The number of ether oxygens (including phenoxy) is 1. The van der Waals surface area contributed by atoms with Gasteiger partial charge in [0.2, 0.25) is 0 Å². The Bertz CT molecular complexity index is 349. The van der Waals surface area contributed by atoms with E-state index in [0.717, 1.165) is 5.32 Å². The van der Waals surface area contributed by atoms with Crippen molar-refractivity contribution < 1.29 is 4.74 Å². The fourth-order valence-electron chi connectivity index (χ4n) is 1.18. The lowest BCUT2D eigenvalue weighted by molar-refractivity contribution is 0.415. The molecule has 5 heteroatoms. The van der Waals surface area contributed by atoms with Crippen molar-refractivity contribution in [3.05, 3.63) is 11.1 Å². The second-order valence-corrected chi connectivity index (χ2v) is 9.54. The molecule has 1 heterocycles. The average Bonchev–Trinajstić information content (AvgIpc) is 2.06. The highest BCUT2D eigenvalue weighted by Crippen LogP contribution is 2.23. The van der Waals surface area contributed by atoms with E-state index in [9.17, 15) is 0 Å². The number of pyridine rings is 1. The molecule has 0 amide bonds. The molecule has 0 unspecified atom stereocenters. The molecule has 2 N–H and O–H groups in total. The molecular weight excluding hydrogens is 216 g/mol. The summed E-state index contributed by atoms with van der Waals surface area (Å²) in [4.78, 5) is 4.30. The van der Waals surface area contributed by atoms with Gasteiger partial charge >= 0.3 is 0 Å². The molecule has 14 heavy (non-hydrogen) atoms. The second kappa shape index (κ2) is 3.79. The van der Waals surface area contributed by atoms with E-state index in [1.165, 1.54) is 0 Å². The standard InChI is InChI=1S/C9H15ClN2OSi/c1-13-7-5-6(10)9(12-8(7)11)14(2,3)4/h5H,1-4H3,(H2,11,12). The molecule has 78 valence electrons. The fraction of sp³-hybridized carbons (Fsp3) is 0.444. The van der Waals surface area contributed by atoms with E-state index < -0.39 is 8.07 Å². The van der Waals surface area contributed by atoms with E-state index in [-0.39, 0.29) is 0 Å². The number of nitrogens with two attached hydrogens (primary N) is 1. The van der Waals surface area contributed by atoms with Crippen molar-refractivity contribution in [3.8, 4) is 5.75 Å². The van der Waals surface area contributed by atoms with Crippen LogP contribution in [0.2, 0.25) is 24.7 Å². The van der Waals surface area contributed by atoms with Crippen LogP contribution in [-0.4, -0.2) is 20.2 Å². The van der Waals surface area contributed by atoms with Crippen LogP contribution in [0.15, 0.2) is 6.07 Å². The highest BCUT2D eigenvalue weighted by molar-refractivity contribution is 6.89. The first-order valence-corrected chi connectivity index (χ1v) is 8.24. The van der Waals surface area contributed by atoms with Gasteiger partial charge in [0.15, 0.2) is 11.6 Å². The first-order chi connectivity index (χ1) is 6.36. The molecule has 0 aliphatic carbocycles. The highest BCUT2D eigenvalue weighted by Gasteiger charge is 2.23. The van der Waals surface area contributed by atoms with Crippen molar-refractivity contribution in [3.63, 3.8) is 0 Å². The fourth-order valence-corrected chi connectivity index (χ4v) is 3.41. The minimum absolute atomic E-state index is 0.411. The monoisotopic (exact) mass is 230 g/mol. The van der Waals surface area contributed by atoms with Crippen LogP contribution in [0, 0.1) is 0 Å². The van der Waals surface area contributed by atoms with Gasteiger partial charge in [-0.25, -0.2) is 4.98 Å². The predicted octanol–water partition coefficient (Wildman–Crippen LogP) is 1.87. The first-order valence-electron chi connectivity index (χ1n) is 4.36. The number of hydrogen-bond acceptors (Lipinski definition) is 3. The Labute approximate surface area is 90.2 Å². The molecule has 0 fully saturated rings. The van der Waals surface area contributed by atoms with Crippen LogP contribution in [0.25, 0.3) is 0 Å². The first kappa shape index (κ1) is 11.3. The largest absolute Gasteiger partial charge is 0.493 e. The van der Waals surface area contributed by atoms with Crippen molar-refractivity contribution in [2.45, 2.75) is 19.6 Å². The predicted molar refractivity (Wildman–Crippen MR) is 63.2 cm³/mol. The van der Waals surface area contributed by atoms with Crippen LogP contribution in [0.3, 0.4) is 0 Å². The van der Waals surface area contributed by atoms with Crippen molar-refractivity contribution in [2.24, 2.45) is 0 Å². The molecule has 3 nitrogen and oxygen atoms in total. The summed E-state index contributed by atoms with van der Waals surface area (Å²) in [6.45, 7) is 6.52. The molecule has 0 saturated heterocycles. The normalized spacial score (nSPS) is 11.5. The Morgan fingerprint density at radius 3 is 2.43 bits per heavy atom. The van der Waals surface area contributed by atoms with Crippen molar-refractivity contribution in [1.82, 2.24) is 4.98 Å². The molecule has 0 bridgehead atoms. The van der Waals surface area contributed by atoms with Gasteiger partial charge in [0.05, 0.1) is 12.1 Å². The number of nitrogen functional groups attached to an aromatic ring is 1. The Morgan fingerprint density at radius 2 is 2.00 bits per heavy atom. The maximum Gasteiger partial charge on any atom is 0.166 e. The van der Waals surface area contributed by atoms with Gasteiger partial charge in [-0.1, -0.05) is 31.2 Å². The molecule has 0 aromatic carbocycles. The number of aromatic nitrogens is 1. The summed E-state index contributed by atoms with van der Waals surface area (Å²) in [7, 11) is 0.0299. The highest BCUT2D eigenvalue weighted by atomic mass is 35.5. The third-order valence-electron chi connectivity index (χ3n) is 1.90. The lowest BCUT2D eigenvalue weighted by Crippen LogP contribution is -2.41. The summed E-state index contributed by atoms with van der Waals surface area (Å²) in [5.74, 6) is 0.950. The summed E-state index contributed by atoms with van der Waals surface area (Å²) in [5, 5.41) is 1.58. The Balaban J connectivity index is 3.29. The van der Waals surface area contributed by atoms with Gasteiger partial charge in [-0.15, -0.1) is 0 Å². The van der Waals surface area contributed by atoms with E-state index >= 15 is 0 Å². The number of hydrogen-bond donors (Lipinski definition) is 1. The summed E-state index contributed by atoms with van der Waals surface area (Å²) >= 11 is 6.10. The van der Waals surface area contributed by atoms with E-state index in [1.54, 1.807) is 13.2 Å². The number of halogens is 1. The van der Waals surface area contributed by atoms with Gasteiger partial charge in [0, 0.05) is 11.4 Å². The van der Waals surface area contributed by atoms with Crippen LogP contribution in [0.4, 0.5) is 5.82 Å². The number of rotatable bonds is 2. The summed E-state index contributed by atoms with van der Waals surface area (Å²) in [6.07, 6.45) is 0. The Morgan fingerprint density at radius 1 is 1.43 bits per heavy atom. The van der Waals surface area contributed by atoms with E-state index in [2.05, 4.69) is 24.6 Å². The average molecular weight is 231 g/mol. The molecule has 0 spiro atoms. The lowest BCUT2D eigenvalue weighted by atomic mass is 10.4. The topological polar surface area (TPSA) is 48.1 Å². The van der Waals surface area contributed by atoms with Crippen LogP contribution in [0.1, 0.15) is 0 Å². The van der Waals surface area contributed by atoms with Crippen molar-refractivity contribution in [1.29, 1.82) is 0 Å². The van der Waals surface area contributed by atoms with Gasteiger partial charge in [0.25, 0.3) is 0 Å². The van der Waals surface area contributed by atoms with E-state index in [1.807, 2.05) is 0 Å². The molecular formula is C9H15ClN2OSi. The quantitative estimate of drug-likeness (QED) is 0.790. The minimum Gasteiger partial charge on any atom is -0.493 e. The molecule has 1 rings (SSSR count). The lowest BCUT2D eigenvalue weighted by Gasteiger charge is -2.18. The van der Waals surface area contributed by atoms with Crippen LogP contribution in [-0.2, 0) is 0 Å². The number of nitrogens with zero attached hydrogens (tertiary/aromatic N) is 1. The SMILES string of the molecule is COc1cc(Cl)c([Si](C)(C)C)nc1N. The Kier molecular flexibility index (Phi) is 3.06. The van der Waals surface area contributed by atoms with Crippen LogP contribution < -0.4 is 15.8 Å². The van der Waals surface area contributed by atoms with E-state index in [0.29, 0.717) is 16.6 Å². The van der Waals surface area contributed by atoms with Gasteiger partial charge in [-0.05, 0) is 0 Å². The van der Waals surface area contributed by atoms with Gasteiger partial charge in [-0.3, -0.25) is 0 Å². The zero-order valence-electron chi connectivity index (χ0n) is 8.89. The molecule has 0 radical (unpaired) electrons. The summed E-state index contributed by atoms with van der Waals surface area (Å²) < 4.78 is 5.04. The molecule has 0 atom stereocenters. The number of methoxy groups -OCH3 is 1. The molecule has 0 aliphatic rings. The smallest absolute Gasteiger partial charge is 0.166 e. The number of anilines is 1.